The normalized spacial score (nSPS) is 17.9. The Morgan fingerprint density at radius 3 is 2.81 bits per heavy atom. The zero-order valence-electron chi connectivity index (χ0n) is 19.9. The molecule has 10 nitrogen and oxygen atoms in total. The highest BCUT2D eigenvalue weighted by atomic mass is 35.5. The molecule has 1 amide bonds. The van der Waals surface area contributed by atoms with Crippen LogP contribution < -0.4 is 15.0 Å². The number of thiazole rings is 1. The third kappa shape index (κ3) is 4.81. The molecule has 1 aliphatic heterocycles. The number of aryl methyl sites for hydroxylation is 1. The average molecular weight is 526 g/mol. The predicted molar refractivity (Wildman–Crippen MR) is 139 cm³/mol. The molecule has 2 atom stereocenters. The molecule has 36 heavy (non-hydrogen) atoms. The second kappa shape index (κ2) is 9.92. The van der Waals surface area contributed by atoms with Gasteiger partial charge < -0.3 is 14.7 Å². The van der Waals surface area contributed by atoms with Crippen molar-refractivity contribution in [2.75, 3.05) is 30.4 Å². The van der Waals surface area contributed by atoms with Crippen LogP contribution in [0.3, 0.4) is 0 Å². The topological polar surface area (TPSA) is 126 Å². The predicted octanol–water partition coefficient (Wildman–Crippen LogP) is 3.97. The number of halogens is 1. The highest BCUT2D eigenvalue weighted by Crippen LogP contribution is 2.34. The Bertz CT molecular complexity index is 1450. The molecule has 12 heteroatoms. The van der Waals surface area contributed by atoms with Crippen LogP contribution in [0.5, 0.6) is 5.75 Å². The summed E-state index contributed by atoms with van der Waals surface area (Å²) < 4.78 is 5.44. The minimum atomic E-state index is -0.384. The second-order valence-electron chi connectivity index (χ2n) is 8.69. The summed E-state index contributed by atoms with van der Waals surface area (Å²) in [4.78, 5) is 38.0. The molecule has 4 aromatic heterocycles. The van der Waals surface area contributed by atoms with E-state index in [2.05, 4.69) is 30.2 Å². The van der Waals surface area contributed by atoms with Gasteiger partial charge in [0, 0.05) is 36.1 Å². The number of hydrogen-bond acceptors (Lipinski definition) is 10. The number of fused-ring (bicyclic) bond motifs is 1. The van der Waals surface area contributed by atoms with Crippen molar-refractivity contribution >= 4 is 50.3 Å². The van der Waals surface area contributed by atoms with Crippen LogP contribution in [0.1, 0.15) is 29.4 Å². The van der Waals surface area contributed by atoms with Crippen LogP contribution in [0.2, 0.25) is 5.15 Å². The number of carbonyl (C=O) groups excluding carboxylic acids is 1. The Kier molecular flexibility index (Phi) is 6.69. The summed E-state index contributed by atoms with van der Waals surface area (Å²) in [6.07, 6.45) is 5.10. The first-order valence-corrected chi connectivity index (χ1v) is 12.6. The van der Waals surface area contributed by atoms with Crippen LogP contribution in [0.4, 0.5) is 10.9 Å². The van der Waals surface area contributed by atoms with Gasteiger partial charge in [-0.05, 0) is 31.4 Å². The Morgan fingerprint density at radius 2 is 2.03 bits per heavy atom. The molecule has 0 bridgehead atoms. The lowest BCUT2D eigenvalue weighted by Gasteiger charge is -2.34. The van der Waals surface area contributed by atoms with Gasteiger partial charge in [0.15, 0.2) is 15.6 Å². The molecule has 0 spiro atoms. The van der Waals surface area contributed by atoms with Crippen molar-refractivity contribution in [1.29, 1.82) is 0 Å². The SMILES string of the molecule is COc1cnc(Cl)cc1-c1cc(C)ncc1C(=O)Nc1nc2ncc(N3CCC(O)C(C)C3)nc2s1. The van der Waals surface area contributed by atoms with Gasteiger partial charge in [-0.2, -0.15) is 4.98 Å². The molecular formula is C24H24ClN7O3S. The van der Waals surface area contributed by atoms with Gasteiger partial charge in [0.2, 0.25) is 0 Å². The number of nitrogens with zero attached hydrogens (tertiary/aromatic N) is 6. The molecular weight excluding hydrogens is 502 g/mol. The fraction of sp³-hybridized carbons (Fsp3) is 0.333. The molecule has 1 fully saturated rings. The number of nitrogens with one attached hydrogen (secondary N) is 1. The van der Waals surface area contributed by atoms with Gasteiger partial charge in [-0.1, -0.05) is 29.9 Å². The number of aliphatic hydroxyl groups is 1. The summed E-state index contributed by atoms with van der Waals surface area (Å²) in [7, 11) is 1.53. The van der Waals surface area contributed by atoms with E-state index in [9.17, 15) is 9.90 Å². The fourth-order valence-corrected chi connectivity index (χ4v) is 5.12. The van der Waals surface area contributed by atoms with Crippen LogP contribution >= 0.6 is 22.9 Å². The minimum Gasteiger partial charge on any atom is -0.494 e. The van der Waals surface area contributed by atoms with E-state index in [-0.39, 0.29) is 23.1 Å². The van der Waals surface area contributed by atoms with Gasteiger partial charge in [0.1, 0.15) is 16.7 Å². The van der Waals surface area contributed by atoms with Gasteiger partial charge in [0.05, 0.1) is 31.2 Å². The van der Waals surface area contributed by atoms with E-state index < -0.39 is 0 Å². The van der Waals surface area contributed by atoms with Crippen molar-refractivity contribution in [3.63, 3.8) is 0 Å². The van der Waals surface area contributed by atoms with Crippen molar-refractivity contribution in [3.8, 4) is 16.9 Å². The summed E-state index contributed by atoms with van der Waals surface area (Å²) in [6.45, 7) is 5.27. The molecule has 0 saturated carbocycles. The second-order valence-corrected chi connectivity index (χ2v) is 10.1. The Morgan fingerprint density at radius 1 is 1.19 bits per heavy atom. The molecule has 5 heterocycles. The van der Waals surface area contributed by atoms with Crippen LogP contribution in [-0.2, 0) is 0 Å². The molecule has 0 radical (unpaired) electrons. The molecule has 0 aromatic carbocycles. The van der Waals surface area contributed by atoms with E-state index in [0.717, 1.165) is 11.5 Å². The first kappa shape index (κ1) is 24.3. The van der Waals surface area contributed by atoms with Gasteiger partial charge in [-0.15, -0.1) is 0 Å². The number of ether oxygens (including phenoxy) is 1. The highest BCUT2D eigenvalue weighted by molar-refractivity contribution is 7.21. The number of hydrogen-bond donors (Lipinski definition) is 2. The van der Waals surface area contributed by atoms with E-state index in [1.807, 2.05) is 13.8 Å². The number of carbonyl (C=O) groups is 1. The standard InChI is InChI=1S/C24H24ClN7O3S/c1-12-11-32(5-4-17(12)33)20-10-28-21-23(29-20)36-24(30-21)31-22(34)16-8-26-13(2)6-14(16)15-7-19(25)27-9-18(15)35-3/h6-10,12,17,33H,4-5,11H2,1-3H3,(H,28,30,31,34). The fourth-order valence-electron chi connectivity index (χ4n) is 4.18. The largest absolute Gasteiger partial charge is 0.494 e. The van der Waals surface area contributed by atoms with Gasteiger partial charge in [0.25, 0.3) is 5.91 Å². The van der Waals surface area contributed by atoms with Crippen LogP contribution in [0.15, 0.2) is 30.7 Å². The van der Waals surface area contributed by atoms with E-state index in [0.29, 0.717) is 57.6 Å². The van der Waals surface area contributed by atoms with E-state index >= 15 is 0 Å². The molecule has 4 aromatic rings. The number of amides is 1. The summed E-state index contributed by atoms with van der Waals surface area (Å²) in [6, 6.07) is 3.45. The third-order valence-corrected chi connectivity index (χ3v) is 7.20. The minimum absolute atomic E-state index is 0.152. The quantitative estimate of drug-likeness (QED) is 0.372. The Hall–Kier alpha value is -3.41. The van der Waals surface area contributed by atoms with Crippen molar-refractivity contribution in [1.82, 2.24) is 24.9 Å². The van der Waals surface area contributed by atoms with Crippen molar-refractivity contribution < 1.29 is 14.6 Å². The number of pyridine rings is 2. The molecule has 186 valence electrons. The van der Waals surface area contributed by atoms with Crippen LogP contribution in [0.25, 0.3) is 21.6 Å². The van der Waals surface area contributed by atoms with E-state index in [4.69, 9.17) is 21.3 Å². The summed E-state index contributed by atoms with van der Waals surface area (Å²) in [5, 5.41) is 13.5. The smallest absolute Gasteiger partial charge is 0.259 e. The summed E-state index contributed by atoms with van der Waals surface area (Å²) >= 11 is 7.38. The Balaban J connectivity index is 1.43. The summed E-state index contributed by atoms with van der Waals surface area (Å²) in [5.74, 6) is 0.985. The highest BCUT2D eigenvalue weighted by Gasteiger charge is 2.26. The maximum absolute atomic E-state index is 13.3. The third-order valence-electron chi connectivity index (χ3n) is 6.14. The van der Waals surface area contributed by atoms with Crippen LogP contribution in [0, 0.1) is 12.8 Å². The number of aromatic nitrogens is 5. The van der Waals surface area contributed by atoms with Gasteiger partial charge in [-0.25, -0.2) is 15.0 Å². The lowest BCUT2D eigenvalue weighted by atomic mass is 9.97. The van der Waals surface area contributed by atoms with Crippen molar-refractivity contribution in [2.24, 2.45) is 5.92 Å². The maximum Gasteiger partial charge on any atom is 0.259 e. The van der Waals surface area contributed by atoms with Gasteiger partial charge in [-0.3, -0.25) is 15.1 Å². The zero-order valence-corrected chi connectivity index (χ0v) is 21.5. The Labute approximate surface area is 216 Å². The molecule has 1 aliphatic rings. The first-order chi connectivity index (χ1) is 17.3. The van der Waals surface area contributed by atoms with E-state index in [1.54, 1.807) is 18.3 Å². The number of methoxy groups -OCH3 is 1. The first-order valence-electron chi connectivity index (χ1n) is 11.4. The van der Waals surface area contributed by atoms with Crippen LogP contribution in [-0.4, -0.2) is 62.2 Å². The number of piperidine rings is 1. The molecule has 5 rings (SSSR count). The number of anilines is 2. The molecule has 1 saturated heterocycles. The zero-order chi connectivity index (χ0) is 25.4. The summed E-state index contributed by atoms with van der Waals surface area (Å²) in [5.41, 5.74) is 2.77. The number of rotatable bonds is 5. The van der Waals surface area contributed by atoms with E-state index in [1.165, 1.54) is 30.8 Å². The van der Waals surface area contributed by atoms with Crippen molar-refractivity contribution in [3.05, 3.63) is 47.1 Å². The molecule has 2 N–H and O–H groups in total. The number of aliphatic hydroxyl groups excluding tert-OH is 1. The lowest BCUT2D eigenvalue weighted by Crippen LogP contribution is -2.42. The average Bonchev–Trinajstić information content (AvgIpc) is 3.27. The lowest BCUT2D eigenvalue weighted by molar-refractivity contribution is 0.0968. The molecule has 2 unspecified atom stereocenters. The molecule has 0 aliphatic carbocycles. The monoisotopic (exact) mass is 525 g/mol. The van der Waals surface area contributed by atoms with Crippen molar-refractivity contribution in [2.45, 2.75) is 26.4 Å². The van der Waals surface area contributed by atoms with Gasteiger partial charge >= 0.3 is 0 Å². The maximum atomic E-state index is 13.3.